The zero-order valence-corrected chi connectivity index (χ0v) is 27.4. The highest BCUT2D eigenvalue weighted by Crippen LogP contribution is 2.42. The number of amides is 2. The molecule has 4 N–H and O–H groups in total. The van der Waals surface area contributed by atoms with Crippen molar-refractivity contribution in [2.75, 3.05) is 18.0 Å². The van der Waals surface area contributed by atoms with E-state index in [0.717, 1.165) is 17.7 Å². The fourth-order valence-corrected chi connectivity index (χ4v) is 7.19. The normalized spacial score (nSPS) is 13.7. The molecule has 1 aliphatic heterocycles. The molecule has 0 saturated carbocycles. The summed E-state index contributed by atoms with van der Waals surface area (Å²) >= 11 is 1.51. The van der Waals surface area contributed by atoms with Crippen LogP contribution in [0.5, 0.6) is 0 Å². The van der Waals surface area contributed by atoms with Crippen molar-refractivity contribution >= 4 is 34.5 Å². The molecule has 0 spiro atoms. The molecule has 234 valence electrons. The van der Waals surface area contributed by atoms with E-state index in [0.29, 0.717) is 40.5 Å². The molecule has 1 aliphatic rings. The monoisotopic (exact) mass is 595 g/mol. The average Bonchev–Trinajstić information content (AvgIpc) is 3.59. The lowest BCUT2D eigenvalue weighted by atomic mass is 9.93. The largest absolute Gasteiger partial charge is 0.397 e. The highest BCUT2D eigenvalue weighted by molar-refractivity contribution is 7.13. The number of anilines is 2. The van der Waals surface area contributed by atoms with E-state index in [1.807, 2.05) is 17.5 Å². The Morgan fingerprint density at radius 1 is 0.690 bits per heavy atom. The molecule has 0 bridgehead atoms. The summed E-state index contributed by atoms with van der Waals surface area (Å²) in [7, 11) is 0. The third-order valence-electron chi connectivity index (χ3n) is 8.97. The summed E-state index contributed by atoms with van der Waals surface area (Å²) in [6.45, 7) is 5.02. The second-order valence-corrected chi connectivity index (χ2v) is 13.4. The number of hydrogen-bond acceptors (Lipinski definition) is 5. The van der Waals surface area contributed by atoms with Gasteiger partial charge >= 0.3 is 0 Å². The Kier molecular flexibility index (Phi) is 15.5. The van der Waals surface area contributed by atoms with Crippen LogP contribution in [-0.4, -0.2) is 23.3 Å². The Bertz CT molecular complexity index is 1080. The number of carbonyl (C=O) groups excluding carboxylic acids is 2. The molecular formula is C36H57N3O2S. The first-order valence-electron chi connectivity index (χ1n) is 17.1. The summed E-state index contributed by atoms with van der Waals surface area (Å²) in [5, 5.41) is 1.95. The molecule has 0 saturated heterocycles. The summed E-state index contributed by atoms with van der Waals surface area (Å²) in [6.07, 6.45) is 25.6. The highest BCUT2D eigenvalue weighted by Gasteiger charge is 2.40. The van der Waals surface area contributed by atoms with Crippen LogP contribution in [0.4, 0.5) is 11.4 Å². The number of nitrogens with two attached hydrogens (primary N) is 2. The fourth-order valence-electron chi connectivity index (χ4n) is 6.40. The van der Waals surface area contributed by atoms with E-state index in [1.54, 1.807) is 6.07 Å². The molecular weight excluding hydrogens is 538 g/mol. The maximum atomic E-state index is 13.8. The van der Waals surface area contributed by atoms with Crippen molar-refractivity contribution < 1.29 is 9.59 Å². The van der Waals surface area contributed by atoms with Crippen LogP contribution in [0.3, 0.4) is 0 Å². The van der Waals surface area contributed by atoms with Gasteiger partial charge in [-0.2, -0.15) is 0 Å². The standard InChI is InChI=1S/C36H57N3O2S/c1-3-5-7-9-11-13-14-16-18-20-23-28(22-19-17-15-12-10-8-6-4-2)27-39-35(40)29-26-30(37)34(38)33(32(29)36(39)41)31-24-21-25-42-31/h21,24-26,28H,3-20,22-23,27,37-38H2,1-2H3. The van der Waals surface area contributed by atoms with E-state index in [4.69, 9.17) is 11.5 Å². The molecule has 2 amide bonds. The molecule has 0 radical (unpaired) electrons. The topological polar surface area (TPSA) is 89.4 Å². The molecule has 1 aromatic carbocycles. The first kappa shape index (κ1) is 34.2. The van der Waals surface area contributed by atoms with Crippen molar-refractivity contribution in [3.63, 3.8) is 0 Å². The van der Waals surface area contributed by atoms with Crippen LogP contribution in [0, 0.1) is 5.92 Å². The predicted molar refractivity (Wildman–Crippen MR) is 181 cm³/mol. The number of fused-ring (bicyclic) bond motifs is 1. The zero-order chi connectivity index (χ0) is 30.2. The van der Waals surface area contributed by atoms with Crippen molar-refractivity contribution in [2.24, 2.45) is 5.92 Å². The van der Waals surface area contributed by atoms with E-state index in [1.165, 1.54) is 132 Å². The van der Waals surface area contributed by atoms with E-state index in [9.17, 15) is 9.59 Å². The van der Waals surface area contributed by atoms with Crippen LogP contribution in [-0.2, 0) is 0 Å². The number of carbonyl (C=O) groups is 2. The van der Waals surface area contributed by atoms with Gasteiger partial charge in [0.1, 0.15) is 0 Å². The van der Waals surface area contributed by atoms with Gasteiger partial charge in [-0.3, -0.25) is 14.5 Å². The molecule has 6 heteroatoms. The van der Waals surface area contributed by atoms with Crippen LogP contribution >= 0.6 is 11.3 Å². The van der Waals surface area contributed by atoms with Gasteiger partial charge in [0.05, 0.1) is 22.5 Å². The smallest absolute Gasteiger partial charge is 0.262 e. The van der Waals surface area contributed by atoms with Crippen LogP contribution < -0.4 is 11.5 Å². The van der Waals surface area contributed by atoms with Crippen molar-refractivity contribution in [1.29, 1.82) is 0 Å². The lowest BCUT2D eigenvalue weighted by molar-refractivity contribution is 0.0622. The molecule has 5 nitrogen and oxygen atoms in total. The number of nitrogen functional groups attached to an aromatic ring is 2. The third kappa shape index (κ3) is 10.1. The number of imide groups is 1. The number of rotatable bonds is 23. The van der Waals surface area contributed by atoms with Crippen molar-refractivity contribution in [3.05, 3.63) is 34.7 Å². The minimum absolute atomic E-state index is 0.214. The number of nitrogens with zero attached hydrogens (tertiary/aromatic N) is 1. The first-order valence-corrected chi connectivity index (χ1v) is 18.0. The van der Waals surface area contributed by atoms with E-state index >= 15 is 0 Å². The van der Waals surface area contributed by atoms with Gasteiger partial charge in [0.2, 0.25) is 0 Å². The molecule has 0 aliphatic carbocycles. The number of unbranched alkanes of at least 4 members (excludes halogenated alkanes) is 16. The fraction of sp³-hybridized carbons (Fsp3) is 0.667. The summed E-state index contributed by atoms with van der Waals surface area (Å²) < 4.78 is 0. The van der Waals surface area contributed by atoms with Crippen LogP contribution in [0.1, 0.15) is 163 Å². The zero-order valence-electron chi connectivity index (χ0n) is 26.6. The number of benzene rings is 1. The van der Waals surface area contributed by atoms with Crippen LogP contribution in [0.25, 0.3) is 10.4 Å². The SMILES string of the molecule is CCCCCCCCCCCCC(CCCCCCCCCC)CN1C(=O)c2cc(N)c(N)c(-c3cccs3)c2C1=O. The van der Waals surface area contributed by atoms with Gasteiger partial charge in [-0.25, -0.2) is 0 Å². The summed E-state index contributed by atoms with van der Waals surface area (Å²) in [5.74, 6) is -0.0983. The second-order valence-electron chi connectivity index (χ2n) is 12.5. The first-order chi connectivity index (χ1) is 20.5. The Hall–Kier alpha value is -2.34. The van der Waals surface area contributed by atoms with E-state index in [-0.39, 0.29) is 11.8 Å². The van der Waals surface area contributed by atoms with Gasteiger partial charge in [-0.05, 0) is 36.3 Å². The van der Waals surface area contributed by atoms with Gasteiger partial charge in [-0.15, -0.1) is 11.3 Å². The van der Waals surface area contributed by atoms with Gasteiger partial charge in [0, 0.05) is 17.0 Å². The van der Waals surface area contributed by atoms with E-state index in [2.05, 4.69) is 13.8 Å². The van der Waals surface area contributed by atoms with Crippen molar-refractivity contribution in [2.45, 2.75) is 142 Å². The van der Waals surface area contributed by atoms with E-state index < -0.39 is 0 Å². The van der Waals surface area contributed by atoms with Crippen molar-refractivity contribution in [1.82, 2.24) is 4.90 Å². The minimum atomic E-state index is -0.219. The Morgan fingerprint density at radius 3 is 1.67 bits per heavy atom. The number of thiophene rings is 1. The molecule has 3 rings (SSSR count). The lowest BCUT2D eigenvalue weighted by Crippen LogP contribution is -2.34. The van der Waals surface area contributed by atoms with Gasteiger partial charge in [0.15, 0.2) is 0 Å². The molecule has 1 unspecified atom stereocenters. The maximum absolute atomic E-state index is 13.8. The molecule has 2 aromatic rings. The molecule has 2 heterocycles. The summed E-state index contributed by atoms with van der Waals surface area (Å²) in [6, 6.07) is 5.48. The third-order valence-corrected chi connectivity index (χ3v) is 9.86. The van der Waals surface area contributed by atoms with Crippen LogP contribution in [0.2, 0.25) is 0 Å². The van der Waals surface area contributed by atoms with Crippen molar-refractivity contribution in [3.8, 4) is 10.4 Å². The van der Waals surface area contributed by atoms with Gasteiger partial charge < -0.3 is 11.5 Å². The Morgan fingerprint density at radius 2 is 1.19 bits per heavy atom. The van der Waals surface area contributed by atoms with Crippen LogP contribution in [0.15, 0.2) is 23.6 Å². The average molecular weight is 596 g/mol. The highest BCUT2D eigenvalue weighted by atomic mass is 32.1. The summed E-state index contributed by atoms with van der Waals surface area (Å²) in [5.41, 5.74) is 14.8. The summed E-state index contributed by atoms with van der Waals surface area (Å²) in [4.78, 5) is 29.7. The van der Waals surface area contributed by atoms with Gasteiger partial charge in [-0.1, -0.05) is 135 Å². The molecule has 0 fully saturated rings. The lowest BCUT2D eigenvalue weighted by Gasteiger charge is -2.23. The number of hydrogen-bond donors (Lipinski definition) is 2. The molecule has 1 aromatic heterocycles. The molecule has 1 atom stereocenters. The minimum Gasteiger partial charge on any atom is -0.397 e. The van der Waals surface area contributed by atoms with Gasteiger partial charge in [0.25, 0.3) is 11.8 Å². The second kappa shape index (κ2) is 19.0. The Labute approximate surface area is 259 Å². The quantitative estimate of drug-likeness (QED) is 0.0759. The molecule has 42 heavy (non-hydrogen) atoms. The maximum Gasteiger partial charge on any atom is 0.262 e. The predicted octanol–water partition coefficient (Wildman–Crippen LogP) is 10.6. The Balaban J connectivity index is 1.58.